The Morgan fingerprint density at radius 2 is 1.15 bits per heavy atom. The molecule has 0 spiro atoms. The first-order valence-electron chi connectivity index (χ1n) is 11.2. The Kier molecular flexibility index (Phi) is 4.70. The average molecular weight is 423 g/mol. The van der Waals surface area contributed by atoms with Gasteiger partial charge in [0.05, 0.1) is 22.4 Å². The Morgan fingerprint density at radius 3 is 1.94 bits per heavy atom. The highest BCUT2D eigenvalue weighted by Crippen LogP contribution is 2.37. The van der Waals surface area contributed by atoms with Crippen molar-refractivity contribution < 1.29 is 0 Å². The number of hydrogen-bond donors (Lipinski definition) is 0. The quantitative estimate of drug-likeness (QED) is 0.269. The summed E-state index contributed by atoms with van der Waals surface area (Å²) in [6, 6.07) is 40.2. The van der Waals surface area contributed by atoms with Crippen molar-refractivity contribution in [1.29, 1.82) is 0 Å². The lowest BCUT2D eigenvalue weighted by Gasteiger charge is -2.14. The Balaban J connectivity index is 1.65. The molecular weight excluding hydrogens is 400 g/mol. The minimum Gasteiger partial charge on any atom is -0.249 e. The Bertz CT molecular complexity index is 1600. The van der Waals surface area contributed by atoms with Crippen LogP contribution in [0.15, 0.2) is 115 Å². The van der Waals surface area contributed by atoms with Gasteiger partial charge in [0, 0.05) is 11.1 Å². The van der Waals surface area contributed by atoms with Gasteiger partial charge in [-0.05, 0) is 46.5 Å². The fourth-order valence-corrected chi connectivity index (χ4v) is 4.59. The molecule has 0 saturated heterocycles. The number of benzene rings is 5. The molecule has 0 amide bonds. The molecule has 0 atom stereocenters. The van der Waals surface area contributed by atoms with E-state index < -0.39 is 0 Å². The van der Waals surface area contributed by atoms with E-state index in [2.05, 4.69) is 91.0 Å². The lowest BCUT2D eigenvalue weighted by Crippen LogP contribution is -1.97. The predicted octanol–water partition coefficient (Wildman–Crippen LogP) is 8.09. The molecule has 0 aliphatic heterocycles. The normalized spacial score (nSPS) is 11.2. The molecule has 1 heterocycles. The highest BCUT2D eigenvalue weighted by Gasteiger charge is 2.15. The second-order valence-corrected chi connectivity index (χ2v) is 8.31. The number of fused-ring (bicyclic) bond motifs is 2. The zero-order chi connectivity index (χ0) is 22.2. The van der Waals surface area contributed by atoms with E-state index in [4.69, 9.17) is 9.97 Å². The SMILES string of the molecule is Cc1nc2c(-c3cccc(-c4ccccc4)c3)c3ccccc3cc2nc1-c1ccccc1. The van der Waals surface area contributed by atoms with E-state index in [1.54, 1.807) is 0 Å². The molecule has 33 heavy (non-hydrogen) atoms. The molecule has 0 aliphatic carbocycles. The molecule has 0 unspecified atom stereocenters. The van der Waals surface area contributed by atoms with Crippen LogP contribution in [0.25, 0.3) is 55.3 Å². The van der Waals surface area contributed by atoms with E-state index in [1.165, 1.54) is 21.9 Å². The summed E-state index contributed by atoms with van der Waals surface area (Å²) in [5.41, 5.74) is 9.50. The third-order valence-electron chi connectivity index (χ3n) is 6.16. The van der Waals surface area contributed by atoms with Crippen molar-refractivity contribution in [2.45, 2.75) is 6.92 Å². The fraction of sp³-hybridized carbons (Fsp3) is 0.0323. The summed E-state index contributed by atoms with van der Waals surface area (Å²) >= 11 is 0. The van der Waals surface area contributed by atoms with Gasteiger partial charge in [0.25, 0.3) is 0 Å². The van der Waals surface area contributed by atoms with Gasteiger partial charge in [-0.25, -0.2) is 9.97 Å². The minimum absolute atomic E-state index is 0.915. The second-order valence-electron chi connectivity index (χ2n) is 8.31. The van der Waals surface area contributed by atoms with Gasteiger partial charge < -0.3 is 0 Å². The van der Waals surface area contributed by atoms with Gasteiger partial charge >= 0.3 is 0 Å². The monoisotopic (exact) mass is 422 g/mol. The van der Waals surface area contributed by atoms with Crippen LogP contribution in [-0.4, -0.2) is 9.97 Å². The maximum absolute atomic E-state index is 5.12. The van der Waals surface area contributed by atoms with Crippen LogP contribution in [0.2, 0.25) is 0 Å². The first-order chi connectivity index (χ1) is 16.3. The van der Waals surface area contributed by atoms with Crippen LogP contribution in [0.5, 0.6) is 0 Å². The molecule has 0 N–H and O–H groups in total. The molecule has 5 aromatic carbocycles. The molecular formula is C31H22N2. The number of aromatic nitrogens is 2. The molecule has 0 bridgehead atoms. The van der Waals surface area contributed by atoms with Crippen LogP contribution < -0.4 is 0 Å². The molecule has 0 radical (unpaired) electrons. The lowest BCUT2D eigenvalue weighted by atomic mass is 9.93. The summed E-state index contributed by atoms with van der Waals surface area (Å²) in [6.45, 7) is 2.05. The number of hydrogen-bond acceptors (Lipinski definition) is 2. The zero-order valence-electron chi connectivity index (χ0n) is 18.4. The summed E-state index contributed by atoms with van der Waals surface area (Å²) in [5.74, 6) is 0. The molecule has 2 heteroatoms. The van der Waals surface area contributed by atoms with Crippen molar-refractivity contribution in [3.8, 4) is 33.5 Å². The van der Waals surface area contributed by atoms with Gasteiger partial charge in [0.2, 0.25) is 0 Å². The van der Waals surface area contributed by atoms with Crippen LogP contribution >= 0.6 is 0 Å². The third kappa shape index (κ3) is 3.46. The Labute approximate surface area is 193 Å². The number of rotatable bonds is 3. The molecule has 0 saturated carbocycles. The number of nitrogens with zero attached hydrogens (tertiary/aromatic N) is 2. The van der Waals surface area contributed by atoms with E-state index in [0.29, 0.717) is 0 Å². The van der Waals surface area contributed by atoms with Gasteiger partial charge in [-0.3, -0.25) is 0 Å². The van der Waals surface area contributed by atoms with E-state index in [9.17, 15) is 0 Å². The highest BCUT2D eigenvalue weighted by atomic mass is 14.8. The molecule has 1 aromatic heterocycles. The third-order valence-corrected chi connectivity index (χ3v) is 6.16. The summed E-state index contributed by atoms with van der Waals surface area (Å²) < 4.78 is 0. The van der Waals surface area contributed by atoms with Crippen LogP contribution in [0.4, 0.5) is 0 Å². The predicted molar refractivity (Wildman–Crippen MR) is 138 cm³/mol. The average Bonchev–Trinajstić information content (AvgIpc) is 2.88. The summed E-state index contributed by atoms with van der Waals surface area (Å²) in [7, 11) is 0. The van der Waals surface area contributed by atoms with Crippen molar-refractivity contribution in [1.82, 2.24) is 9.97 Å². The first kappa shape index (κ1) is 19.4. The van der Waals surface area contributed by atoms with Gasteiger partial charge in [-0.2, -0.15) is 0 Å². The largest absolute Gasteiger partial charge is 0.249 e. The van der Waals surface area contributed by atoms with Gasteiger partial charge in [-0.15, -0.1) is 0 Å². The molecule has 0 aliphatic rings. The van der Waals surface area contributed by atoms with E-state index >= 15 is 0 Å². The smallest absolute Gasteiger partial charge is 0.0975 e. The van der Waals surface area contributed by atoms with E-state index in [1.807, 2.05) is 31.2 Å². The molecule has 0 fully saturated rings. The van der Waals surface area contributed by atoms with Crippen molar-refractivity contribution in [3.63, 3.8) is 0 Å². The van der Waals surface area contributed by atoms with Crippen molar-refractivity contribution in [3.05, 3.63) is 121 Å². The minimum atomic E-state index is 0.915. The van der Waals surface area contributed by atoms with Gasteiger partial charge in [-0.1, -0.05) is 103 Å². The maximum atomic E-state index is 5.12. The number of aryl methyl sites for hydroxylation is 1. The molecule has 156 valence electrons. The summed E-state index contributed by atoms with van der Waals surface area (Å²) in [5, 5.41) is 2.36. The Hall–Kier alpha value is -4.30. The maximum Gasteiger partial charge on any atom is 0.0975 e. The highest BCUT2D eigenvalue weighted by molar-refractivity contribution is 6.10. The molecule has 6 rings (SSSR count). The second kappa shape index (κ2) is 7.99. The Morgan fingerprint density at radius 1 is 0.515 bits per heavy atom. The standard InChI is InChI=1S/C31H22N2/c1-21-30(23-13-6-3-7-14-23)33-28-20-25-15-8-9-18-27(25)29(31(28)32-21)26-17-10-16-24(19-26)22-11-4-2-5-12-22/h2-20H,1H3. The topological polar surface area (TPSA) is 25.8 Å². The van der Waals surface area contributed by atoms with Crippen LogP contribution in [-0.2, 0) is 0 Å². The van der Waals surface area contributed by atoms with E-state index in [0.717, 1.165) is 39.1 Å². The van der Waals surface area contributed by atoms with Crippen molar-refractivity contribution in [2.24, 2.45) is 0 Å². The lowest BCUT2D eigenvalue weighted by molar-refractivity contribution is 1.19. The van der Waals surface area contributed by atoms with Crippen molar-refractivity contribution >= 4 is 21.8 Å². The van der Waals surface area contributed by atoms with Crippen molar-refractivity contribution in [2.75, 3.05) is 0 Å². The zero-order valence-corrected chi connectivity index (χ0v) is 18.4. The van der Waals surface area contributed by atoms with Crippen LogP contribution in [0.3, 0.4) is 0 Å². The first-order valence-corrected chi connectivity index (χ1v) is 11.2. The summed E-state index contributed by atoms with van der Waals surface area (Å²) in [6.07, 6.45) is 0. The molecule has 6 aromatic rings. The van der Waals surface area contributed by atoms with E-state index in [-0.39, 0.29) is 0 Å². The van der Waals surface area contributed by atoms with Crippen LogP contribution in [0, 0.1) is 6.92 Å². The fourth-order valence-electron chi connectivity index (χ4n) is 4.59. The van der Waals surface area contributed by atoms with Crippen LogP contribution in [0.1, 0.15) is 5.69 Å². The van der Waals surface area contributed by atoms with Gasteiger partial charge in [0.1, 0.15) is 0 Å². The van der Waals surface area contributed by atoms with Gasteiger partial charge in [0.15, 0.2) is 0 Å². The molecule has 2 nitrogen and oxygen atoms in total. The summed E-state index contributed by atoms with van der Waals surface area (Å²) in [4.78, 5) is 10.2.